The molecule has 12 heteroatoms. The van der Waals surface area contributed by atoms with E-state index in [1.54, 1.807) is 0 Å². The molecule has 0 amide bonds. The summed E-state index contributed by atoms with van der Waals surface area (Å²) in [6, 6.07) is 28.3. The smallest absolute Gasteiger partial charge is 0.306 e. The molecule has 0 aliphatic carbocycles. The van der Waals surface area contributed by atoms with Crippen LogP contribution in [0.5, 0.6) is 0 Å². The lowest BCUT2D eigenvalue weighted by Gasteiger charge is -2.45. The van der Waals surface area contributed by atoms with Gasteiger partial charge in [0.15, 0.2) is 12.2 Å². The number of Topliss-reactive ketones (excluding diaryl/α,β-unsaturated/α-hetero) is 1. The van der Waals surface area contributed by atoms with E-state index in [1.807, 2.05) is 91.0 Å². The molecule has 0 spiro atoms. The maximum atomic E-state index is 13.1. The van der Waals surface area contributed by atoms with E-state index in [4.69, 9.17) is 68.6 Å². The lowest BCUT2D eigenvalue weighted by atomic mass is 9.97. The van der Waals surface area contributed by atoms with E-state index in [2.05, 4.69) is 0 Å². The number of ketones is 1. The molecule has 0 saturated carbocycles. The van der Waals surface area contributed by atoms with Crippen LogP contribution in [-0.2, 0) is 57.8 Å². The molecule has 1 saturated heterocycles. The van der Waals surface area contributed by atoms with Crippen LogP contribution in [0.15, 0.2) is 91.0 Å². The molecule has 46 heavy (non-hydrogen) atoms. The van der Waals surface area contributed by atoms with Crippen LogP contribution >= 0.6 is 34.8 Å². The van der Waals surface area contributed by atoms with Crippen molar-refractivity contribution in [1.82, 2.24) is 0 Å². The van der Waals surface area contributed by atoms with E-state index >= 15 is 0 Å². The molecule has 9 nitrogen and oxygen atoms in total. The van der Waals surface area contributed by atoms with Gasteiger partial charge in [0.25, 0.3) is 3.79 Å². The molecule has 4 rings (SSSR count). The fourth-order valence-electron chi connectivity index (χ4n) is 4.69. The van der Waals surface area contributed by atoms with Crippen LogP contribution in [0.3, 0.4) is 0 Å². The third-order valence-corrected chi connectivity index (χ3v) is 7.51. The van der Waals surface area contributed by atoms with Crippen molar-refractivity contribution in [2.24, 2.45) is 0 Å². The van der Waals surface area contributed by atoms with Crippen molar-refractivity contribution in [3.63, 3.8) is 0 Å². The van der Waals surface area contributed by atoms with E-state index in [-0.39, 0.29) is 45.1 Å². The summed E-state index contributed by atoms with van der Waals surface area (Å²) in [4.78, 5) is 24.8. The third-order valence-electron chi connectivity index (χ3n) is 7.00. The lowest BCUT2D eigenvalue weighted by molar-refractivity contribution is -0.307. The average Bonchev–Trinajstić information content (AvgIpc) is 3.04. The van der Waals surface area contributed by atoms with Gasteiger partial charge in [-0.05, 0) is 23.6 Å². The van der Waals surface area contributed by atoms with E-state index in [9.17, 15) is 9.59 Å². The Hall–Kier alpha value is -3.02. The molecule has 0 aromatic heterocycles. The van der Waals surface area contributed by atoms with Crippen molar-refractivity contribution in [3.8, 4) is 0 Å². The Morgan fingerprint density at radius 2 is 1.22 bits per heavy atom. The Morgan fingerprint density at radius 1 is 0.717 bits per heavy atom. The van der Waals surface area contributed by atoms with Crippen molar-refractivity contribution < 1.29 is 38.0 Å². The predicted octanol–water partition coefficient (Wildman–Crippen LogP) is 6.74. The molecule has 1 aliphatic heterocycles. The lowest BCUT2D eigenvalue weighted by Crippen LogP contribution is -2.62. The molecule has 1 heterocycles. The Morgan fingerprint density at radius 3 is 1.72 bits per heavy atom. The van der Waals surface area contributed by atoms with Crippen LogP contribution in [0.1, 0.15) is 36.5 Å². The fraction of sp³-hybridized carbons (Fsp3) is 0.382. The summed E-state index contributed by atoms with van der Waals surface area (Å²) < 4.78 is 34.7. The average molecular weight is 693 g/mol. The van der Waals surface area contributed by atoms with E-state index < -0.39 is 46.4 Å². The highest BCUT2D eigenvalue weighted by Crippen LogP contribution is 2.34. The Bertz CT molecular complexity index is 1390. The minimum absolute atomic E-state index is 0.00537. The first kappa shape index (κ1) is 35.8. The van der Waals surface area contributed by atoms with Gasteiger partial charge >= 0.3 is 5.97 Å². The van der Waals surface area contributed by atoms with Crippen molar-refractivity contribution in [1.29, 1.82) is 5.41 Å². The summed E-state index contributed by atoms with van der Waals surface area (Å²) in [5.74, 6) is -1.53. The molecule has 3 aromatic carbocycles. The first-order chi connectivity index (χ1) is 22.1. The molecule has 0 radical (unpaired) electrons. The van der Waals surface area contributed by atoms with Crippen LogP contribution in [0.25, 0.3) is 0 Å². The van der Waals surface area contributed by atoms with Crippen LogP contribution in [0.2, 0.25) is 0 Å². The van der Waals surface area contributed by atoms with Gasteiger partial charge in [0, 0.05) is 6.42 Å². The quantitative estimate of drug-likeness (QED) is 0.0807. The van der Waals surface area contributed by atoms with Crippen LogP contribution in [-0.4, -0.2) is 58.8 Å². The maximum absolute atomic E-state index is 13.1. The Kier molecular flexibility index (Phi) is 13.8. The topological polar surface area (TPSA) is 113 Å². The van der Waals surface area contributed by atoms with Gasteiger partial charge in [0.2, 0.25) is 12.2 Å². The molecule has 1 N–H and O–H groups in total. The summed E-state index contributed by atoms with van der Waals surface area (Å²) in [6.45, 7) is 1.86. The van der Waals surface area contributed by atoms with Crippen LogP contribution in [0, 0.1) is 5.41 Å². The summed E-state index contributed by atoms with van der Waals surface area (Å²) in [5, 5.41) is 8.28. The summed E-state index contributed by atoms with van der Waals surface area (Å²) in [5.41, 5.74) is 2.61. The highest BCUT2D eigenvalue weighted by molar-refractivity contribution is 6.76. The second-order valence-corrected chi connectivity index (χ2v) is 12.9. The van der Waals surface area contributed by atoms with Gasteiger partial charge in [-0.3, -0.25) is 10.2 Å². The van der Waals surface area contributed by atoms with Crippen molar-refractivity contribution >= 4 is 52.5 Å². The van der Waals surface area contributed by atoms with Gasteiger partial charge in [-0.15, -0.1) is 0 Å². The van der Waals surface area contributed by atoms with Crippen molar-refractivity contribution in [2.75, 3.05) is 6.61 Å². The molecule has 246 valence electrons. The second-order valence-electron chi connectivity index (χ2n) is 10.7. The van der Waals surface area contributed by atoms with E-state index in [0.717, 1.165) is 16.7 Å². The number of esters is 1. The van der Waals surface area contributed by atoms with E-state index in [0.29, 0.717) is 0 Å². The zero-order valence-electron chi connectivity index (χ0n) is 25.2. The Labute approximate surface area is 283 Å². The van der Waals surface area contributed by atoms with Gasteiger partial charge in [0.05, 0.1) is 32.8 Å². The molecule has 1 aliphatic rings. The SMILES string of the molecule is CC(=O)CCC(=O)O[C@H]1[C@@H](OCc2ccccc2)[C@@H](COCc2ccccc2)O[C@H](OC(=N)C(Cl)(Cl)Cl)[C@@H]1OCc1ccccc1. The fourth-order valence-corrected chi connectivity index (χ4v) is 4.83. The zero-order valence-corrected chi connectivity index (χ0v) is 27.5. The first-order valence-electron chi connectivity index (χ1n) is 14.7. The second kappa shape index (κ2) is 17.8. The zero-order chi connectivity index (χ0) is 32.9. The van der Waals surface area contributed by atoms with Crippen molar-refractivity contribution in [2.45, 2.75) is 74.1 Å². The first-order valence-corrected chi connectivity index (χ1v) is 15.8. The molecule has 1 fully saturated rings. The number of rotatable bonds is 15. The summed E-state index contributed by atoms with van der Waals surface area (Å²) >= 11 is 17.9. The molecular formula is C34H36Cl3NO8. The minimum atomic E-state index is -2.21. The number of benzene rings is 3. The van der Waals surface area contributed by atoms with Gasteiger partial charge in [-0.2, -0.15) is 0 Å². The summed E-state index contributed by atoms with van der Waals surface area (Å²) in [6.07, 6.45) is -5.65. The highest BCUT2D eigenvalue weighted by Gasteiger charge is 2.52. The third kappa shape index (κ3) is 11.3. The highest BCUT2D eigenvalue weighted by atomic mass is 35.6. The number of alkyl halides is 3. The molecule has 0 bridgehead atoms. The monoisotopic (exact) mass is 691 g/mol. The number of halogens is 3. The number of hydrogen-bond acceptors (Lipinski definition) is 9. The number of carbonyl (C=O) groups is 2. The van der Waals surface area contributed by atoms with Gasteiger partial charge < -0.3 is 33.2 Å². The van der Waals surface area contributed by atoms with Crippen molar-refractivity contribution in [3.05, 3.63) is 108 Å². The Balaban J connectivity index is 1.67. The van der Waals surface area contributed by atoms with Crippen LogP contribution in [0.4, 0.5) is 0 Å². The number of ether oxygens (including phenoxy) is 6. The number of nitrogens with one attached hydrogen (secondary N) is 1. The largest absolute Gasteiger partial charge is 0.456 e. The molecule has 0 unspecified atom stereocenters. The maximum Gasteiger partial charge on any atom is 0.306 e. The van der Waals surface area contributed by atoms with Gasteiger partial charge in [-0.1, -0.05) is 126 Å². The number of hydrogen-bond donors (Lipinski definition) is 1. The molecular weight excluding hydrogens is 657 g/mol. The van der Waals surface area contributed by atoms with Gasteiger partial charge in [-0.25, -0.2) is 0 Å². The minimum Gasteiger partial charge on any atom is -0.456 e. The molecule has 3 aromatic rings. The summed E-state index contributed by atoms with van der Waals surface area (Å²) in [7, 11) is 0. The number of carbonyl (C=O) groups excluding carboxylic acids is 2. The van der Waals surface area contributed by atoms with Gasteiger partial charge in [0.1, 0.15) is 18.0 Å². The normalized spacial score (nSPS) is 21.3. The van der Waals surface area contributed by atoms with Crippen LogP contribution < -0.4 is 0 Å². The van der Waals surface area contributed by atoms with E-state index in [1.165, 1.54) is 6.92 Å². The predicted molar refractivity (Wildman–Crippen MR) is 174 cm³/mol. The molecule has 5 atom stereocenters. The standard InChI is InChI=1S/C34H36Cl3NO8/c1-23(39)17-18-28(40)45-30-29(42-20-25-13-7-3-8-14-25)27(22-41-19-24-11-5-2-6-12-24)44-32(46-33(38)34(35,36)37)31(30)43-21-26-15-9-4-10-16-26/h2-16,27,29-32,38H,17-22H2,1H3/t27-,29+,30+,31-,32-/m1/s1.